The van der Waals surface area contributed by atoms with Gasteiger partial charge in [-0.05, 0) is 96.6 Å². The quantitative estimate of drug-likeness (QED) is 0.0412. The van der Waals surface area contributed by atoms with Gasteiger partial charge in [0.15, 0.2) is 0 Å². The van der Waals surface area contributed by atoms with Gasteiger partial charge in [0.05, 0.1) is 44.4 Å². The fraction of sp³-hybridized carbons (Fsp3) is 0.729. The lowest BCUT2D eigenvalue weighted by molar-refractivity contribution is -0.142. The first-order valence-corrected chi connectivity index (χ1v) is 28.4. The molecule has 1 aromatic carbocycles. The molecule has 0 aromatic heterocycles. The van der Waals surface area contributed by atoms with Crippen LogP contribution in [0, 0.1) is 34.5 Å². The van der Waals surface area contributed by atoms with E-state index in [1.807, 2.05) is 68.4 Å². The molecule has 3 fully saturated rings. The molecule has 11 atom stereocenters. The third-order valence-corrected chi connectivity index (χ3v) is 16.0. The number of rotatable bonds is 31. The molecule has 2 heterocycles. The molecule has 450 valence electrons. The van der Waals surface area contributed by atoms with Gasteiger partial charge in [-0.1, -0.05) is 97.4 Å². The lowest BCUT2D eigenvalue weighted by Crippen LogP contribution is -2.57. The maximum atomic E-state index is 14.1. The summed E-state index contributed by atoms with van der Waals surface area (Å²) in [5, 5.41) is 26.0. The topological polar surface area (TPSA) is 279 Å². The molecular formula is C59H96N8O13. The highest BCUT2D eigenvalue weighted by Gasteiger charge is 2.72. The Morgan fingerprint density at radius 1 is 0.850 bits per heavy atom. The minimum atomic E-state index is -1.17. The van der Waals surface area contributed by atoms with E-state index in [0.717, 1.165) is 12.0 Å². The van der Waals surface area contributed by atoms with Crippen LogP contribution < -0.4 is 31.9 Å². The van der Waals surface area contributed by atoms with Crippen LogP contribution in [0.15, 0.2) is 42.0 Å². The van der Waals surface area contributed by atoms with E-state index in [1.54, 1.807) is 64.2 Å². The lowest BCUT2D eigenvalue weighted by atomic mass is 9.64. The van der Waals surface area contributed by atoms with Gasteiger partial charge in [0, 0.05) is 51.0 Å². The molecule has 4 rings (SSSR count). The van der Waals surface area contributed by atoms with Crippen LogP contribution in [-0.2, 0) is 58.9 Å². The molecule has 21 heteroatoms. The molecule has 7 N–H and O–H groups in total. The van der Waals surface area contributed by atoms with Crippen molar-refractivity contribution in [1.29, 1.82) is 0 Å². The Morgan fingerprint density at radius 3 is 2.09 bits per heavy atom. The first-order chi connectivity index (χ1) is 37.4. The summed E-state index contributed by atoms with van der Waals surface area (Å²) in [6.07, 6.45) is 2.16. The molecule has 80 heavy (non-hydrogen) atoms. The molecule has 1 aliphatic carbocycles. The summed E-state index contributed by atoms with van der Waals surface area (Å²) in [4.78, 5) is 112. The van der Waals surface area contributed by atoms with Crippen molar-refractivity contribution in [3.63, 3.8) is 0 Å². The largest absolute Gasteiger partial charge is 0.443 e. The smallest absolute Gasteiger partial charge is 0.414 e. The third-order valence-electron chi connectivity index (χ3n) is 16.0. The molecule has 2 aliphatic heterocycles. The van der Waals surface area contributed by atoms with Gasteiger partial charge in [0.1, 0.15) is 35.5 Å². The van der Waals surface area contributed by atoms with E-state index in [-0.39, 0.29) is 81.1 Å². The van der Waals surface area contributed by atoms with Crippen LogP contribution in [0.1, 0.15) is 127 Å². The molecule has 1 aromatic rings. The molecule has 2 saturated heterocycles. The number of imide groups is 1. The predicted molar refractivity (Wildman–Crippen MR) is 302 cm³/mol. The number of likely N-dealkylation sites (N-methyl/N-ethyl adjacent to an activating group) is 2. The zero-order valence-corrected chi connectivity index (χ0v) is 50.4. The van der Waals surface area contributed by atoms with E-state index in [9.17, 15) is 43.5 Å². The monoisotopic (exact) mass is 1120 g/mol. The SMILES string of the molecule is COC1C(OC(=O)NC(=O)CN(C)CCN(C)C(=O)CNC(=O)[C@H](CC(C)C)NC(=O)[C@H](Cc2ccccc2)NC(=O)CNC(=O)C(C)(CC(C)(CC(C)C)C(=O)NCC(C)O)C(C)C)CC[C@]2(CO2)C1C1(C)O[C@@H]1CC=C(C)C. The second kappa shape index (κ2) is 29.5. The Kier molecular flexibility index (Phi) is 24.7. The molecule has 7 unspecified atom stereocenters. The predicted octanol–water partition coefficient (Wildman–Crippen LogP) is 3.80. The average molecular weight is 1130 g/mol. The normalized spacial score (nSPS) is 23.9. The second-order valence-corrected chi connectivity index (χ2v) is 24.8. The van der Waals surface area contributed by atoms with Crippen LogP contribution in [0.2, 0.25) is 0 Å². The van der Waals surface area contributed by atoms with E-state index in [0.29, 0.717) is 25.9 Å². The minimum Gasteiger partial charge on any atom is -0.443 e. The Hall–Kier alpha value is -5.48. The maximum Gasteiger partial charge on any atom is 0.414 e. The first kappa shape index (κ1) is 67.0. The van der Waals surface area contributed by atoms with Gasteiger partial charge in [-0.2, -0.15) is 0 Å². The van der Waals surface area contributed by atoms with E-state index in [4.69, 9.17) is 18.9 Å². The molecule has 0 bridgehead atoms. The second-order valence-electron chi connectivity index (χ2n) is 24.8. The number of ether oxygens (including phenoxy) is 4. The van der Waals surface area contributed by atoms with Gasteiger partial charge in [0.2, 0.25) is 41.4 Å². The van der Waals surface area contributed by atoms with Crippen molar-refractivity contribution in [1.82, 2.24) is 41.7 Å². The third kappa shape index (κ3) is 19.3. The van der Waals surface area contributed by atoms with Crippen LogP contribution >= 0.6 is 0 Å². The number of hydrogen-bond acceptors (Lipinski definition) is 14. The fourth-order valence-electron chi connectivity index (χ4n) is 11.2. The standard InChI is InChI=1S/C59H96N8O13/c1-36(2)21-22-45-58(12,80-45)50-49(77-15)44(23-24-59(50)35-78-59)79-55(76)65-47(70)33-66(13)25-26-67(14)48(71)32-60-51(72)42(27-37(3)4)64-52(73)43(28-41-19-17-16-18-20-41)63-46(69)31-62-54(75)57(11,39(7)8)34-56(10,29-38(5)6)53(74)61-30-40(9)68/h16-21,37-40,42-45,49-50,68H,22-35H2,1-15H3,(H,60,72)(H,61,74)(H,62,75)(H,63,69)(H,64,73)(H,65,70,76)/t40?,42-,43-,44?,45+,49?,50?,56?,57?,58?,59-/m0/s1. The number of epoxide rings is 2. The van der Waals surface area contributed by atoms with Crippen LogP contribution in [0.5, 0.6) is 0 Å². The zero-order chi connectivity index (χ0) is 59.9. The number of benzene rings is 1. The number of aliphatic hydroxyl groups is 1. The van der Waals surface area contributed by atoms with E-state index in [2.05, 4.69) is 44.9 Å². The molecule has 1 spiro atoms. The van der Waals surface area contributed by atoms with Gasteiger partial charge in [-0.15, -0.1) is 0 Å². The molecule has 21 nitrogen and oxygen atoms in total. The van der Waals surface area contributed by atoms with Crippen molar-refractivity contribution < 1.29 is 62.4 Å². The minimum absolute atomic E-state index is 0.0179. The average Bonchev–Trinajstić information content (AvgIpc) is 4.35. The van der Waals surface area contributed by atoms with Crippen molar-refractivity contribution in [2.75, 3.05) is 67.1 Å². The summed E-state index contributed by atoms with van der Waals surface area (Å²) in [7, 11) is 4.79. The number of aliphatic hydroxyl groups excluding tert-OH is 1. The Bertz CT molecular complexity index is 2320. The van der Waals surface area contributed by atoms with Gasteiger partial charge in [-0.3, -0.25) is 43.8 Å². The summed E-state index contributed by atoms with van der Waals surface area (Å²) in [5.74, 6) is -4.04. The van der Waals surface area contributed by atoms with Crippen LogP contribution in [0.25, 0.3) is 0 Å². The Morgan fingerprint density at radius 2 is 1.51 bits per heavy atom. The molecule has 0 radical (unpaired) electrons. The number of methoxy groups -OCH3 is 1. The van der Waals surface area contributed by atoms with Crippen LogP contribution in [0.4, 0.5) is 4.79 Å². The zero-order valence-electron chi connectivity index (χ0n) is 50.4. The summed E-state index contributed by atoms with van der Waals surface area (Å²) in [6.45, 7) is 22.8. The number of alkyl carbamates (subject to hydrolysis) is 1. The van der Waals surface area contributed by atoms with E-state index < -0.39 is 107 Å². The van der Waals surface area contributed by atoms with Crippen molar-refractivity contribution in [3.8, 4) is 0 Å². The number of nitrogens with zero attached hydrogens (tertiary/aromatic N) is 2. The number of amides is 8. The first-order valence-electron chi connectivity index (χ1n) is 28.4. The molecular weight excluding hydrogens is 1030 g/mol. The van der Waals surface area contributed by atoms with Crippen molar-refractivity contribution in [2.24, 2.45) is 34.5 Å². The Labute approximate surface area is 474 Å². The van der Waals surface area contributed by atoms with Gasteiger partial charge in [0.25, 0.3) is 0 Å². The molecule has 1 saturated carbocycles. The summed E-state index contributed by atoms with van der Waals surface area (Å²) >= 11 is 0. The number of carbonyl (C=O) groups excluding carboxylic acids is 8. The lowest BCUT2D eigenvalue weighted by Gasteiger charge is -2.42. The Balaban J connectivity index is 1.30. The number of allylic oxidation sites excluding steroid dienone is 1. The number of hydrogen-bond donors (Lipinski definition) is 7. The number of carbonyl (C=O) groups is 8. The highest BCUT2D eigenvalue weighted by atomic mass is 16.6. The summed E-state index contributed by atoms with van der Waals surface area (Å²) < 4.78 is 24.0. The van der Waals surface area contributed by atoms with Crippen molar-refractivity contribution in [3.05, 3.63) is 47.5 Å². The van der Waals surface area contributed by atoms with E-state index in [1.165, 1.54) is 10.5 Å². The summed E-state index contributed by atoms with van der Waals surface area (Å²) in [6, 6.07) is 6.76. The highest BCUT2D eigenvalue weighted by molar-refractivity contribution is 5.95. The van der Waals surface area contributed by atoms with Crippen molar-refractivity contribution >= 4 is 47.4 Å². The van der Waals surface area contributed by atoms with Crippen LogP contribution in [0.3, 0.4) is 0 Å². The molecule has 8 amide bonds. The summed E-state index contributed by atoms with van der Waals surface area (Å²) in [5.41, 5.74) is -1.07. The van der Waals surface area contributed by atoms with Gasteiger partial charge < -0.3 is 55.5 Å². The van der Waals surface area contributed by atoms with Gasteiger partial charge >= 0.3 is 6.09 Å². The fourth-order valence-corrected chi connectivity index (χ4v) is 11.2. The van der Waals surface area contributed by atoms with Gasteiger partial charge in [-0.25, -0.2) is 4.79 Å². The highest BCUT2D eigenvalue weighted by Crippen LogP contribution is 2.59. The van der Waals surface area contributed by atoms with Crippen LogP contribution in [-0.4, -0.2) is 177 Å². The number of nitrogens with one attached hydrogen (secondary N) is 6. The molecule has 3 aliphatic rings. The van der Waals surface area contributed by atoms with E-state index >= 15 is 0 Å². The van der Waals surface area contributed by atoms with Crippen molar-refractivity contribution in [2.45, 2.75) is 176 Å². The maximum absolute atomic E-state index is 14.1.